The number of aromatic hydroxyl groups is 2. The number of carbonyl (C=O) groups excluding carboxylic acids is 1. The minimum Gasteiger partial charge on any atom is -0.553 e. The largest absolute Gasteiger partial charge is 1.00 e. The molecule has 7 rings (SSSR count). The number of nitrogens with one attached hydrogen (secondary N) is 1. The number of aryl methyl sites for hydroxylation is 2. The molecule has 0 saturated heterocycles. The summed E-state index contributed by atoms with van der Waals surface area (Å²) in [4.78, 5) is 30.9. The SMILES string of the molecule is C=CC(=O)O.O=C(O)CCc1c(O)ccc2ccccc12.O=C1CCc2c(ccc3ccccc23)O1.Oc1cccc2ccccc12.[Li+].[NH-]O. The van der Waals surface area contributed by atoms with Gasteiger partial charge in [0.05, 0.1) is 6.42 Å². The number of phenols is 2. The van der Waals surface area contributed by atoms with Crippen LogP contribution >= 0.6 is 0 Å². The second kappa shape index (κ2) is 20.7. The van der Waals surface area contributed by atoms with Crippen LogP contribution in [0.2, 0.25) is 0 Å². The number of carboxylic acids is 2. The molecule has 0 bridgehead atoms. The molecular weight excluding hydrogens is 633 g/mol. The van der Waals surface area contributed by atoms with Crippen LogP contribution in [0.15, 0.2) is 128 Å². The van der Waals surface area contributed by atoms with Gasteiger partial charge in [-0.1, -0.05) is 104 Å². The van der Waals surface area contributed by atoms with Gasteiger partial charge < -0.3 is 36.3 Å². The van der Waals surface area contributed by atoms with Crippen molar-refractivity contribution in [3.63, 3.8) is 0 Å². The van der Waals surface area contributed by atoms with Gasteiger partial charge in [0.15, 0.2) is 0 Å². The molecule has 1 aliphatic heterocycles. The number of phenolic OH excluding ortho intramolecular Hbond substituents is 2. The van der Waals surface area contributed by atoms with E-state index in [1.54, 1.807) is 12.1 Å². The Morgan fingerprint density at radius 3 is 1.76 bits per heavy atom. The van der Waals surface area contributed by atoms with Gasteiger partial charge in [-0.25, -0.2) is 4.79 Å². The molecule has 1 aliphatic rings. The molecule has 0 aromatic heterocycles. The number of esters is 1. The maximum atomic E-state index is 11.1. The zero-order valence-corrected chi connectivity index (χ0v) is 27.5. The van der Waals surface area contributed by atoms with Crippen molar-refractivity contribution in [3.8, 4) is 17.2 Å². The molecule has 50 heavy (non-hydrogen) atoms. The van der Waals surface area contributed by atoms with E-state index in [-0.39, 0.29) is 37.0 Å². The Morgan fingerprint density at radius 2 is 1.18 bits per heavy atom. The molecule has 0 fully saturated rings. The van der Waals surface area contributed by atoms with E-state index in [1.165, 1.54) is 10.8 Å². The minimum atomic E-state index is -0.981. The molecule has 6 aromatic rings. The van der Waals surface area contributed by atoms with Gasteiger partial charge in [0.25, 0.3) is 0 Å². The van der Waals surface area contributed by atoms with Crippen LogP contribution in [0.25, 0.3) is 38.2 Å². The number of aliphatic carboxylic acids is 2. The fourth-order valence-corrected chi connectivity index (χ4v) is 5.10. The van der Waals surface area contributed by atoms with Gasteiger partial charge >= 0.3 is 36.8 Å². The van der Waals surface area contributed by atoms with Gasteiger partial charge in [-0.15, -0.1) is 0 Å². The van der Waals surface area contributed by atoms with E-state index < -0.39 is 11.9 Å². The first kappa shape index (κ1) is 40.5. The summed E-state index contributed by atoms with van der Waals surface area (Å²) in [5.74, 6) is 4.03. The smallest absolute Gasteiger partial charge is 0.553 e. The molecule has 6 N–H and O–H groups in total. The third kappa shape index (κ3) is 11.5. The number of benzene rings is 6. The molecule has 0 saturated carbocycles. The summed E-state index contributed by atoms with van der Waals surface area (Å²) in [5.41, 5.74) is 1.87. The third-order valence-corrected chi connectivity index (χ3v) is 7.35. The summed E-state index contributed by atoms with van der Waals surface area (Å²) in [5, 5.41) is 47.9. The van der Waals surface area contributed by atoms with E-state index in [1.807, 2.05) is 91.0 Å². The predicted molar refractivity (Wildman–Crippen MR) is 189 cm³/mol. The molecule has 10 nitrogen and oxygen atoms in total. The molecule has 0 spiro atoms. The van der Waals surface area contributed by atoms with Crippen molar-refractivity contribution in [3.05, 3.63) is 145 Å². The van der Waals surface area contributed by atoms with Crippen LogP contribution in [0.1, 0.15) is 24.0 Å². The minimum absolute atomic E-state index is 0. The average Bonchev–Trinajstić information content (AvgIpc) is 3.13. The summed E-state index contributed by atoms with van der Waals surface area (Å²) >= 11 is 0. The summed E-state index contributed by atoms with van der Waals surface area (Å²) in [6.07, 6.45) is 2.49. The number of hydrogen-bond acceptors (Lipinski definition) is 7. The van der Waals surface area contributed by atoms with Crippen molar-refractivity contribution < 1.29 is 63.6 Å². The van der Waals surface area contributed by atoms with Crippen LogP contribution in [0.4, 0.5) is 0 Å². The molecule has 11 heteroatoms. The Bertz CT molecular complexity index is 2060. The molecular formula is C39H36LiNO9. The number of rotatable bonds is 4. The van der Waals surface area contributed by atoms with Crippen molar-refractivity contribution in [2.24, 2.45) is 0 Å². The van der Waals surface area contributed by atoms with Crippen molar-refractivity contribution in [2.75, 3.05) is 0 Å². The summed E-state index contributed by atoms with van der Waals surface area (Å²) < 4.78 is 5.20. The summed E-state index contributed by atoms with van der Waals surface area (Å²) in [6.45, 7) is 2.96. The van der Waals surface area contributed by atoms with Crippen molar-refractivity contribution in [2.45, 2.75) is 25.7 Å². The van der Waals surface area contributed by atoms with E-state index in [2.05, 4.69) is 18.7 Å². The van der Waals surface area contributed by atoms with E-state index in [4.69, 9.17) is 26.1 Å². The Balaban J connectivity index is 0.000000239. The standard InChI is InChI=1S/C13H12O3.C13H10O2.C10H8O.C3H4O2.Li.H2NO/c14-12-7-5-9-3-1-2-4-10(9)11(12)6-8-13(15)16;14-13-8-6-11-10-4-2-1-3-9(10)5-7-12(11)15-13;11-10-7-3-5-8-4-1-2-6-9(8)10;1-2-3(4)5;;1-2/h1-5,7,14H,6,8H2,(H,15,16);1-5,7H,6,8H2;1-7,11H;2H,1H2,(H,4,5);;1-2H/q;;;;+1;-1. The number of carboxylic acid groups (broad SMARTS) is 2. The van der Waals surface area contributed by atoms with E-state index in [0.717, 1.165) is 45.4 Å². The first-order valence-corrected chi connectivity index (χ1v) is 15.0. The second-order valence-electron chi connectivity index (χ2n) is 10.5. The van der Waals surface area contributed by atoms with E-state index in [0.29, 0.717) is 24.2 Å². The Kier molecular flexibility index (Phi) is 16.8. The van der Waals surface area contributed by atoms with Crippen LogP contribution in [-0.2, 0) is 27.2 Å². The number of hydrogen-bond donors (Lipinski definition) is 5. The Labute approximate surface area is 300 Å². The van der Waals surface area contributed by atoms with Gasteiger partial charge in [-0.05, 0) is 58.0 Å². The van der Waals surface area contributed by atoms with Crippen molar-refractivity contribution in [1.29, 1.82) is 0 Å². The number of carbonyl (C=O) groups is 3. The zero-order chi connectivity index (χ0) is 35.8. The van der Waals surface area contributed by atoms with Crippen LogP contribution in [-0.4, -0.2) is 43.5 Å². The van der Waals surface area contributed by atoms with E-state index >= 15 is 0 Å². The van der Waals surface area contributed by atoms with E-state index in [9.17, 15) is 24.6 Å². The number of ether oxygens (including phenoxy) is 1. The normalized spacial score (nSPS) is 10.8. The quantitative estimate of drug-likeness (QED) is 0.0532. The molecule has 6 aromatic carbocycles. The van der Waals surface area contributed by atoms with Gasteiger partial charge in [0.1, 0.15) is 17.2 Å². The van der Waals surface area contributed by atoms with Gasteiger partial charge in [0.2, 0.25) is 0 Å². The molecule has 1 heterocycles. The van der Waals surface area contributed by atoms with Crippen molar-refractivity contribution in [1.82, 2.24) is 0 Å². The van der Waals surface area contributed by atoms with Crippen LogP contribution in [0.3, 0.4) is 0 Å². The first-order valence-electron chi connectivity index (χ1n) is 15.0. The molecule has 0 unspecified atom stereocenters. The topological polar surface area (TPSA) is 185 Å². The van der Waals surface area contributed by atoms with Gasteiger partial charge in [-0.3, -0.25) is 9.59 Å². The van der Waals surface area contributed by atoms with Crippen LogP contribution in [0, 0.1) is 0 Å². The first-order chi connectivity index (χ1) is 23.7. The predicted octanol–water partition coefficient (Wildman–Crippen LogP) is 5.49. The maximum Gasteiger partial charge on any atom is 1.00 e. The maximum absolute atomic E-state index is 11.1. The Hall–Kier alpha value is -5.63. The third-order valence-electron chi connectivity index (χ3n) is 7.35. The van der Waals surface area contributed by atoms with Crippen LogP contribution in [0.5, 0.6) is 17.2 Å². The Morgan fingerprint density at radius 1 is 0.680 bits per heavy atom. The fourth-order valence-electron chi connectivity index (χ4n) is 5.10. The summed E-state index contributed by atoms with van der Waals surface area (Å²) in [7, 11) is 0. The monoisotopic (exact) mass is 669 g/mol. The van der Waals surface area contributed by atoms with Crippen molar-refractivity contribution >= 4 is 50.2 Å². The average molecular weight is 670 g/mol. The molecule has 252 valence electrons. The second-order valence-corrected chi connectivity index (χ2v) is 10.5. The fraction of sp³-hybridized carbons (Fsp3) is 0.103. The van der Waals surface area contributed by atoms with Gasteiger partial charge in [0, 0.05) is 29.0 Å². The van der Waals surface area contributed by atoms with Gasteiger partial charge in [-0.2, -0.15) is 0 Å². The summed E-state index contributed by atoms with van der Waals surface area (Å²) in [6, 6.07) is 36.4. The zero-order valence-electron chi connectivity index (χ0n) is 27.5. The molecule has 0 aliphatic carbocycles. The number of fused-ring (bicyclic) bond motifs is 5. The molecule has 0 atom stereocenters. The molecule has 0 radical (unpaired) electrons. The van der Waals surface area contributed by atoms with Crippen LogP contribution < -0.4 is 23.6 Å². The molecule has 0 amide bonds.